The standard InChI is InChI=1S/C14H9BrN4O3/c15-10-7-5-9(6-8-10)13-14(20)18(17-16-13)11-3-1-2-4-12(11)19(21)22/h1-8,17H. The van der Waals surface area contributed by atoms with E-state index in [1.54, 1.807) is 36.4 Å². The number of rotatable bonds is 3. The molecule has 2 aromatic carbocycles. The number of hydrogen-bond acceptors (Lipinski definition) is 4. The van der Waals surface area contributed by atoms with Crippen LogP contribution < -0.4 is 5.56 Å². The van der Waals surface area contributed by atoms with Gasteiger partial charge in [0.15, 0.2) is 5.69 Å². The molecule has 0 amide bonds. The second kappa shape index (κ2) is 5.57. The van der Waals surface area contributed by atoms with Gasteiger partial charge in [-0.15, -0.1) is 0 Å². The van der Waals surface area contributed by atoms with E-state index in [1.807, 2.05) is 0 Å². The molecule has 0 radical (unpaired) electrons. The number of aromatic amines is 1. The van der Waals surface area contributed by atoms with Crippen LogP contribution in [-0.4, -0.2) is 19.9 Å². The molecule has 0 spiro atoms. The number of nitrogens with one attached hydrogen (secondary N) is 1. The number of nitro benzene ring substituents is 1. The molecule has 0 saturated heterocycles. The van der Waals surface area contributed by atoms with Crippen molar-refractivity contribution in [3.63, 3.8) is 0 Å². The third kappa shape index (κ3) is 2.44. The highest BCUT2D eigenvalue weighted by molar-refractivity contribution is 9.10. The zero-order valence-corrected chi connectivity index (χ0v) is 12.6. The van der Waals surface area contributed by atoms with Gasteiger partial charge < -0.3 is 0 Å². The molecule has 0 saturated carbocycles. The summed E-state index contributed by atoms with van der Waals surface area (Å²) in [5, 5.41) is 17.6. The summed E-state index contributed by atoms with van der Waals surface area (Å²) in [6.07, 6.45) is 0. The molecular formula is C14H9BrN4O3. The Kier molecular flexibility index (Phi) is 3.60. The molecule has 0 aliphatic heterocycles. The smallest absolute Gasteiger partial charge is 0.265 e. The minimum Gasteiger partial charge on any atom is -0.265 e. The van der Waals surface area contributed by atoms with Crippen LogP contribution in [0.15, 0.2) is 57.8 Å². The first-order valence-corrected chi connectivity index (χ1v) is 7.04. The molecule has 22 heavy (non-hydrogen) atoms. The second-order valence-electron chi connectivity index (χ2n) is 4.45. The van der Waals surface area contributed by atoms with E-state index in [-0.39, 0.29) is 17.1 Å². The highest BCUT2D eigenvalue weighted by Gasteiger charge is 2.19. The Bertz CT molecular complexity index is 899. The number of hydrogen-bond donors (Lipinski definition) is 1. The van der Waals surface area contributed by atoms with Gasteiger partial charge in [-0.1, -0.05) is 40.2 Å². The number of para-hydroxylation sites is 2. The van der Waals surface area contributed by atoms with Gasteiger partial charge in [0.05, 0.1) is 4.92 Å². The largest absolute Gasteiger partial charge is 0.299 e. The van der Waals surface area contributed by atoms with Crippen LogP contribution in [0.1, 0.15) is 0 Å². The van der Waals surface area contributed by atoms with E-state index in [1.165, 1.54) is 12.1 Å². The summed E-state index contributed by atoms with van der Waals surface area (Å²) in [4.78, 5) is 23.0. The predicted molar refractivity (Wildman–Crippen MR) is 84.0 cm³/mol. The van der Waals surface area contributed by atoms with Crippen LogP contribution in [0, 0.1) is 10.1 Å². The first kappa shape index (κ1) is 14.2. The third-order valence-electron chi connectivity index (χ3n) is 3.10. The number of aromatic nitrogens is 3. The Morgan fingerprint density at radius 2 is 1.82 bits per heavy atom. The van der Waals surface area contributed by atoms with Crippen molar-refractivity contribution in [1.82, 2.24) is 15.0 Å². The van der Waals surface area contributed by atoms with Gasteiger partial charge in [-0.2, -0.15) is 9.78 Å². The van der Waals surface area contributed by atoms with Crippen LogP contribution in [0.2, 0.25) is 0 Å². The number of benzene rings is 2. The maximum atomic E-state index is 12.5. The highest BCUT2D eigenvalue weighted by Crippen LogP contribution is 2.22. The summed E-state index contributed by atoms with van der Waals surface area (Å²) in [6, 6.07) is 13.0. The normalized spacial score (nSPS) is 10.6. The quantitative estimate of drug-likeness (QED) is 0.573. The van der Waals surface area contributed by atoms with E-state index in [4.69, 9.17) is 0 Å². The van der Waals surface area contributed by atoms with Gasteiger partial charge in [-0.05, 0) is 18.2 Å². The van der Waals surface area contributed by atoms with E-state index < -0.39 is 10.5 Å². The molecule has 1 heterocycles. The summed E-state index contributed by atoms with van der Waals surface area (Å²) in [7, 11) is 0. The summed E-state index contributed by atoms with van der Waals surface area (Å²) >= 11 is 3.32. The van der Waals surface area contributed by atoms with Crippen LogP contribution in [0.25, 0.3) is 16.9 Å². The van der Waals surface area contributed by atoms with Gasteiger partial charge in [0.1, 0.15) is 5.69 Å². The van der Waals surface area contributed by atoms with Crippen LogP contribution in [0.5, 0.6) is 0 Å². The van der Waals surface area contributed by atoms with Gasteiger partial charge in [-0.25, -0.2) is 5.21 Å². The SMILES string of the molecule is O=c1c(-c2ccc(Br)cc2)n[nH]n1-c1ccccc1[N+](=O)[O-]. The zero-order valence-electron chi connectivity index (χ0n) is 11.1. The highest BCUT2D eigenvalue weighted by atomic mass is 79.9. The number of H-pyrrole nitrogens is 1. The van der Waals surface area contributed by atoms with Crippen LogP contribution >= 0.6 is 15.9 Å². The Morgan fingerprint density at radius 3 is 2.50 bits per heavy atom. The minimum absolute atomic E-state index is 0.147. The molecule has 1 aromatic heterocycles. The molecule has 1 N–H and O–H groups in total. The van der Waals surface area contributed by atoms with Gasteiger partial charge in [-0.3, -0.25) is 14.9 Å². The average molecular weight is 361 g/mol. The Hall–Kier alpha value is -2.74. The van der Waals surface area contributed by atoms with Crippen molar-refractivity contribution in [2.75, 3.05) is 0 Å². The summed E-state index contributed by atoms with van der Waals surface area (Å²) in [5.74, 6) is 0. The second-order valence-corrected chi connectivity index (χ2v) is 5.37. The minimum atomic E-state index is -0.540. The lowest BCUT2D eigenvalue weighted by Crippen LogP contribution is -2.16. The molecule has 0 unspecified atom stereocenters. The van der Waals surface area contributed by atoms with Crippen molar-refractivity contribution in [3.05, 3.63) is 73.5 Å². The summed E-state index contributed by atoms with van der Waals surface area (Å²) < 4.78 is 1.95. The topological polar surface area (TPSA) is 93.8 Å². The zero-order chi connectivity index (χ0) is 15.7. The molecule has 3 aromatic rings. The number of halogens is 1. The van der Waals surface area contributed by atoms with E-state index in [0.717, 1.165) is 9.15 Å². The molecule has 0 fully saturated rings. The molecule has 8 heteroatoms. The van der Waals surface area contributed by atoms with Crippen molar-refractivity contribution < 1.29 is 4.92 Å². The Balaban J connectivity index is 2.14. The van der Waals surface area contributed by atoms with Crippen LogP contribution in [0.3, 0.4) is 0 Å². The molecule has 0 bridgehead atoms. The van der Waals surface area contributed by atoms with Gasteiger partial charge >= 0.3 is 0 Å². The van der Waals surface area contributed by atoms with E-state index >= 15 is 0 Å². The molecule has 110 valence electrons. The maximum Gasteiger partial charge on any atom is 0.299 e. The van der Waals surface area contributed by atoms with Crippen molar-refractivity contribution in [2.24, 2.45) is 0 Å². The lowest BCUT2D eigenvalue weighted by molar-refractivity contribution is -0.384. The van der Waals surface area contributed by atoms with Gasteiger partial charge in [0, 0.05) is 16.1 Å². The lowest BCUT2D eigenvalue weighted by atomic mass is 10.2. The fraction of sp³-hybridized carbons (Fsp3) is 0. The van der Waals surface area contributed by atoms with Crippen LogP contribution in [0.4, 0.5) is 5.69 Å². The molecule has 0 atom stereocenters. The Labute approximate surface area is 132 Å². The van der Waals surface area contributed by atoms with Crippen molar-refractivity contribution in [3.8, 4) is 16.9 Å². The van der Waals surface area contributed by atoms with E-state index in [0.29, 0.717) is 5.56 Å². The average Bonchev–Trinajstić information content (AvgIpc) is 2.89. The van der Waals surface area contributed by atoms with E-state index in [9.17, 15) is 14.9 Å². The fourth-order valence-electron chi connectivity index (χ4n) is 2.07. The molecule has 7 nitrogen and oxygen atoms in total. The fourth-order valence-corrected chi connectivity index (χ4v) is 2.33. The van der Waals surface area contributed by atoms with Crippen LogP contribution in [-0.2, 0) is 0 Å². The van der Waals surface area contributed by atoms with Crippen molar-refractivity contribution >= 4 is 21.6 Å². The number of nitrogens with zero attached hydrogens (tertiary/aromatic N) is 3. The van der Waals surface area contributed by atoms with Crippen molar-refractivity contribution in [2.45, 2.75) is 0 Å². The molecule has 0 aliphatic rings. The number of nitro groups is 1. The summed E-state index contributed by atoms with van der Waals surface area (Å²) in [6.45, 7) is 0. The Morgan fingerprint density at radius 1 is 1.14 bits per heavy atom. The molecule has 0 aliphatic carbocycles. The van der Waals surface area contributed by atoms with Gasteiger partial charge in [0.2, 0.25) is 0 Å². The first-order valence-electron chi connectivity index (χ1n) is 6.25. The lowest BCUT2D eigenvalue weighted by Gasteiger charge is -2.01. The van der Waals surface area contributed by atoms with Gasteiger partial charge in [0.25, 0.3) is 11.2 Å². The first-order chi connectivity index (χ1) is 10.6. The maximum absolute atomic E-state index is 12.5. The molecular weight excluding hydrogens is 352 g/mol. The molecule has 3 rings (SSSR count). The summed E-state index contributed by atoms with van der Waals surface area (Å²) in [5.41, 5.74) is 0.355. The monoisotopic (exact) mass is 360 g/mol. The van der Waals surface area contributed by atoms with Crippen molar-refractivity contribution in [1.29, 1.82) is 0 Å². The van der Waals surface area contributed by atoms with E-state index in [2.05, 4.69) is 26.2 Å². The predicted octanol–water partition coefficient (Wildman–Crippen LogP) is 2.90. The third-order valence-corrected chi connectivity index (χ3v) is 3.63.